The predicted molar refractivity (Wildman–Crippen MR) is 107 cm³/mol. The molecule has 146 valence electrons. The molecule has 29 heavy (non-hydrogen) atoms. The van der Waals surface area contributed by atoms with E-state index < -0.39 is 5.92 Å². The van der Waals surface area contributed by atoms with Crippen molar-refractivity contribution in [3.63, 3.8) is 0 Å². The number of anilines is 1. The van der Waals surface area contributed by atoms with Crippen LogP contribution in [0, 0.1) is 6.92 Å². The summed E-state index contributed by atoms with van der Waals surface area (Å²) in [5.41, 5.74) is 4.84. The van der Waals surface area contributed by atoms with Crippen LogP contribution in [0.1, 0.15) is 47.1 Å². The number of carbonyl (C=O) groups is 1. The lowest BCUT2D eigenvalue weighted by Crippen LogP contribution is -2.29. The van der Waals surface area contributed by atoms with Gasteiger partial charge in [0.25, 0.3) is 0 Å². The first-order valence-electron chi connectivity index (χ1n) is 9.59. The number of phenols is 2. The number of benzene rings is 2. The molecule has 0 fully saturated rings. The number of fused-ring (bicyclic) bond motifs is 1. The van der Waals surface area contributed by atoms with Crippen LogP contribution in [0.3, 0.4) is 0 Å². The van der Waals surface area contributed by atoms with Crippen molar-refractivity contribution in [3.05, 3.63) is 82.2 Å². The minimum atomic E-state index is -0.400. The van der Waals surface area contributed by atoms with Crippen molar-refractivity contribution in [2.45, 2.75) is 31.6 Å². The monoisotopic (exact) mass is 388 g/mol. The zero-order valence-electron chi connectivity index (χ0n) is 15.8. The molecule has 0 saturated heterocycles. The number of hydrogen-bond acceptors (Lipinski definition) is 6. The van der Waals surface area contributed by atoms with E-state index >= 15 is 0 Å². The van der Waals surface area contributed by atoms with Crippen molar-refractivity contribution in [2.24, 2.45) is 0 Å². The highest BCUT2D eigenvalue weighted by atomic mass is 16.5. The molecule has 0 radical (unpaired) electrons. The Morgan fingerprint density at radius 3 is 2.59 bits per heavy atom. The normalized spacial score (nSPS) is 20.8. The Labute approximate surface area is 167 Å². The van der Waals surface area contributed by atoms with E-state index in [-0.39, 0.29) is 23.2 Å². The molecule has 1 aromatic heterocycles. The Morgan fingerprint density at radius 2 is 1.83 bits per heavy atom. The first-order chi connectivity index (χ1) is 14.0. The summed E-state index contributed by atoms with van der Waals surface area (Å²) in [6.45, 7) is 1.84. The zero-order chi connectivity index (χ0) is 20.1. The van der Waals surface area contributed by atoms with E-state index in [1.807, 2.05) is 37.3 Å². The first kappa shape index (κ1) is 17.6. The lowest BCUT2D eigenvalue weighted by Gasteiger charge is -2.34. The molecular weight excluding hydrogens is 368 g/mol. The van der Waals surface area contributed by atoms with E-state index in [9.17, 15) is 15.0 Å². The van der Waals surface area contributed by atoms with Crippen LogP contribution in [0.25, 0.3) is 0 Å². The summed E-state index contributed by atoms with van der Waals surface area (Å²) in [6.07, 6.45) is 1.11. The Morgan fingerprint density at radius 1 is 1.03 bits per heavy atom. The van der Waals surface area contributed by atoms with Gasteiger partial charge in [-0.05, 0) is 42.5 Å². The maximum Gasteiger partial charge on any atom is 0.233 e. The summed E-state index contributed by atoms with van der Waals surface area (Å²) in [6, 6.07) is 14.7. The molecule has 2 heterocycles. The third-order valence-corrected chi connectivity index (χ3v) is 5.86. The summed E-state index contributed by atoms with van der Waals surface area (Å²) in [7, 11) is 0. The molecule has 6 heteroatoms. The molecule has 0 amide bonds. The smallest absolute Gasteiger partial charge is 0.233 e. The van der Waals surface area contributed by atoms with Gasteiger partial charge in [-0.25, -0.2) is 0 Å². The molecule has 2 aliphatic rings. The lowest BCUT2D eigenvalue weighted by molar-refractivity contribution is -0.116. The SMILES string of the molecule is Cc1noc2c1[C@@H](c1ccc(O)c(O)c1)C1=C(C[C@H](c3ccccc3)CC1=O)N2. The fourth-order valence-corrected chi connectivity index (χ4v) is 4.49. The quantitative estimate of drug-likeness (QED) is 0.565. The number of aromatic nitrogens is 1. The summed E-state index contributed by atoms with van der Waals surface area (Å²) in [5.74, 6) is -0.128. The number of rotatable bonds is 2. The van der Waals surface area contributed by atoms with E-state index in [0.717, 1.165) is 16.8 Å². The van der Waals surface area contributed by atoms with Crippen LogP contribution in [0.5, 0.6) is 11.5 Å². The van der Waals surface area contributed by atoms with Crippen molar-refractivity contribution in [3.8, 4) is 11.5 Å². The fourth-order valence-electron chi connectivity index (χ4n) is 4.49. The largest absolute Gasteiger partial charge is 0.504 e. The topological polar surface area (TPSA) is 95.6 Å². The standard InChI is InChI=1S/C23H20N2O4/c1-12-20-21(14-7-8-17(26)18(27)10-14)22-16(24-23(20)29-25-12)9-15(11-19(22)28)13-5-3-2-4-6-13/h2-8,10,15,21,24,26-27H,9,11H2,1H3/t15-,21+/m0/s1. The third kappa shape index (κ3) is 2.79. The molecule has 0 bridgehead atoms. The van der Waals surface area contributed by atoms with E-state index in [4.69, 9.17) is 4.52 Å². The minimum Gasteiger partial charge on any atom is -0.504 e. The summed E-state index contributed by atoms with van der Waals surface area (Å²) in [4.78, 5) is 13.3. The molecule has 6 nitrogen and oxygen atoms in total. The molecule has 1 aliphatic heterocycles. The number of ketones is 1. The highest BCUT2D eigenvalue weighted by molar-refractivity contribution is 6.01. The number of nitrogens with zero attached hydrogens (tertiary/aromatic N) is 1. The zero-order valence-corrected chi connectivity index (χ0v) is 15.8. The number of aromatic hydroxyl groups is 2. The van der Waals surface area contributed by atoms with E-state index in [0.29, 0.717) is 35.6 Å². The van der Waals surface area contributed by atoms with Crippen molar-refractivity contribution in [1.82, 2.24) is 5.16 Å². The molecule has 0 saturated carbocycles. The molecule has 0 unspecified atom stereocenters. The second kappa shape index (κ2) is 6.51. The van der Waals surface area contributed by atoms with Gasteiger partial charge in [-0.3, -0.25) is 4.79 Å². The van der Waals surface area contributed by atoms with Crippen LogP contribution in [0.4, 0.5) is 5.88 Å². The molecule has 2 aromatic carbocycles. The van der Waals surface area contributed by atoms with E-state index in [1.54, 1.807) is 6.07 Å². The van der Waals surface area contributed by atoms with Crippen LogP contribution < -0.4 is 5.32 Å². The van der Waals surface area contributed by atoms with Crippen molar-refractivity contribution >= 4 is 11.7 Å². The maximum absolute atomic E-state index is 13.3. The van der Waals surface area contributed by atoms with Crippen molar-refractivity contribution in [2.75, 3.05) is 5.32 Å². The Kier molecular flexibility index (Phi) is 3.94. The van der Waals surface area contributed by atoms with Crippen LogP contribution in [-0.2, 0) is 4.79 Å². The van der Waals surface area contributed by atoms with Gasteiger partial charge in [0, 0.05) is 23.6 Å². The number of nitrogens with one attached hydrogen (secondary N) is 1. The van der Waals surface area contributed by atoms with Crippen LogP contribution >= 0.6 is 0 Å². The highest BCUT2D eigenvalue weighted by Crippen LogP contribution is 2.49. The van der Waals surface area contributed by atoms with E-state index in [2.05, 4.69) is 10.5 Å². The van der Waals surface area contributed by atoms with E-state index in [1.165, 1.54) is 12.1 Å². The number of hydrogen-bond donors (Lipinski definition) is 3. The molecule has 0 spiro atoms. The second-order valence-electron chi connectivity index (χ2n) is 7.65. The van der Waals surface area contributed by atoms with Gasteiger partial charge in [-0.1, -0.05) is 41.6 Å². The summed E-state index contributed by atoms with van der Waals surface area (Å²) in [5, 5.41) is 27.2. The van der Waals surface area contributed by atoms with Gasteiger partial charge in [0.1, 0.15) is 0 Å². The van der Waals surface area contributed by atoms with Gasteiger partial charge >= 0.3 is 0 Å². The molecule has 2 atom stereocenters. The first-order valence-corrected chi connectivity index (χ1v) is 9.59. The number of phenolic OH excluding ortho intramolecular Hbond substituents is 2. The summed E-state index contributed by atoms with van der Waals surface area (Å²) >= 11 is 0. The maximum atomic E-state index is 13.3. The Hall–Kier alpha value is -3.54. The van der Waals surface area contributed by atoms with Crippen molar-refractivity contribution < 1.29 is 19.5 Å². The molecular formula is C23H20N2O4. The van der Waals surface area contributed by atoms with Gasteiger partial charge < -0.3 is 20.1 Å². The van der Waals surface area contributed by atoms with Gasteiger partial charge in [-0.15, -0.1) is 0 Å². The fraction of sp³-hybridized carbons (Fsp3) is 0.217. The molecule has 3 N–H and O–H groups in total. The van der Waals surface area contributed by atoms with Gasteiger partial charge in [-0.2, -0.15) is 0 Å². The average Bonchev–Trinajstić information content (AvgIpc) is 3.09. The number of Topliss-reactive ketones (excluding diaryl/α,β-unsaturated/α-hetero) is 1. The second-order valence-corrected chi connectivity index (χ2v) is 7.65. The molecule has 3 aromatic rings. The average molecular weight is 388 g/mol. The van der Waals surface area contributed by atoms with Gasteiger partial charge in [0.15, 0.2) is 17.3 Å². The highest BCUT2D eigenvalue weighted by Gasteiger charge is 2.41. The lowest BCUT2D eigenvalue weighted by atomic mass is 9.72. The van der Waals surface area contributed by atoms with Crippen molar-refractivity contribution in [1.29, 1.82) is 0 Å². The predicted octanol–water partition coefficient (Wildman–Crippen LogP) is 4.35. The Bertz CT molecular complexity index is 1150. The molecule has 5 rings (SSSR count). The van der Waals surface area contributed by atoms with Gasteiger partial charge in [0.2, 0.25) is 5.88 Å². The third-order valence-electron chi connectivity index (χ3n) is 5.86. The summed E-state index contributed by atoms with van der Waals surface area (Å²) < 4.78 is 5.50. The van der Waals surface area contributed by atoms with Gasteiger partial charge in [0.05, 0.1) is 11.3 Å². The molecule has 1 aliphatic carbocycles. The van der Waals surface area contributed by atoms with Crippen LogP contribution in [0.2, 0.25) is 0 Å². The van der Waals surface area contributed by atoms with Crippen LogP contribution in [0.15, 0.2) is 64.3 Å². The van der Waals surface area contributed by atoms with Crippen LogP contribution in [-0.4, -0.2) is 21.2 Å². The number of allylic oxidation sites excluding steroid dienone is 2. The number of aryl methyl sites for hydroxylation is 1. The Balaban J connectivity index is 1.64. The number of carbonyl (C=O) groups excluding carboxylic acids is 1. The minimum absolute atomic E-state index is 0.0661.